The van der Waals surface area contributed by atoms with Gasteiger partial charge in [-0.3, -0.25) is 0 Å². The molecule has 1 heterocycles. The van der Waals surface area contributed by atoms with Crippen molar-refractivity contribution in [1.29, 1.82) is 0 Å². The van der Waals surface area contributed by atoms with Crippen LogP contribution in [0.1, 0.15) is 33.2 Å². The third-order valence-corrected chi connectivity index (χ3v) is 4.73. The third kappa shape index (κ3) is 1.85. The van der Waals surface area contributed by atoms with E-state index in [4.69, 9.17) is 17.0 Å². The Kier molecular flexibility index (Phi) is 3.02. The van der Waals surface area contributed by atoms with Crippen molar-refractivity contribution in [2.45, 2.75) is 39.3 Å². The SMILES string of the molecule is CCOC1CC(n2c(=S)[nH]c3ccccc32)C1(C)C. The molecule has 0 bridgehead atoms. The molecule has 0 saturated heterocycles. The molecule has 102 valence electrons. The van der Waals surface area contributed by atoms with Crippen LogP contribution in [0.3, 0.4) is 0 Å². The number of hydrogen-bond donors (Lipinski definition) is 1. The van der Waals surface area contributed by atoms with Crippen LogP contribution in [0.25, 0.3) is 11.0 Å². The van der Waals surface area contributed by atoms with Crippen LogP contribution in [-0.4, -0.2) is 22.3 Å². The molecule has 1 aromatic heterocycles. The molecular weight excluding hydrogens is 256 g/mol. The molecule has 0 aliphatic heterocycles. The summed E-state index contributed by atoms with van der Waals surface area (Å²) >= 11 is 5.50. The highest BCUT2D eigenvalue weighted by atomic mass is 32.1. The lowest BCUT2D eigenvalue weighted by Crippen LogP contribution is -2.51. The highest BCUT2D eigenvalue weighted by molar-refractivity contribution is 7.71. The fourth-order valence-electron chi connectivity index (χ4n) is 3.17. The number of aromatic amines is 1. The van der Waals surface area contributed by atoms with Gasteiger partial charge in [0.2, 0.25) is 0 Å². The standard InChI is InChI=1S/C15H20N2OS/c1-4-18-13-9-12(15(13,2)3)17-11-8-6-5-7-10(11)16-14(17)19/h5-8,12-13H,4,9H2,1-3H3,(H,16,19). The van der Waals surface area contributed by atoms with E-state index in [0.29, 0.717) is 12.1 Å². The second-order valence-electron chi connectivity index (χ2n) is 5.83. The zero-order chi connectivity index (χ0) is 13.6. The van der Waals surface area contributed by atoms with E-state index >= 15 is 0 Å². The minimum atomic E-state index is 0.124. The van der Waals surface area contributed by atoms with Gasteiger partial charge >= 0.3 is 0 Å². The molecule has 2 atom stereocenters. The number of H-pyrrole nitrogens is 1. The van der Waals surface area contributed by atoms with Crippen LogP contribution < -0.4 is 0 Å². The fraction of sp³-hybridized carbons (Fsp3) is 0.533. The van der Waals surface area contributed by atoms with Crippen molar-refractivity contribution in [2.24, 2.45) is 5.41 Å². The van der Waals surface area contributed by atoms with Gasteiger partial charge in [-0.2, -0.15) is 0 Å². The first-order valence-corrected chi connectivity index (χ1v) is 7.27. The molecule has 1 fully saturated rings. The quantitative estimate of drug-likeness (QED) is 0.856. The van der Waals surface area contributed by atoms with Gasteiger partial charge in [-0.1, -0.05) is 26.0 Å². The Balaban J connectivity index is 2.03. The zero-order valence-corrected chi connectivity index (χ0v) is 12.5. The van der Waals surface area contributed by atoms with Crippen molar-refractivity contribution in [3.05, 3.63) is 29.0 Å². The molecule has 3 nitrogen and oxygen atoms in total. The lowest BCUT2D eigenvalue weighted by molar-refractivity contribution is -0.127. The molecule has 3 rings (SSSR count). The first-order chi connectivity index (χ1) is 9.05. The summed E-state index contributed by atoms with van der Waals surface area (Å²) in [5.41, 5.74) is 2.43. The van der Waals surface area contributed by atoms with Crippen LogP contribution in [0.4, 0.5) is 0 Å². The maximum absolute atomic E-state index is 5.82. The average molecular weight is 276 g/mol. The average Bonchev–Trinajstić information content (AvgIpc) is 2.70. The normalized spacial score (nSPS) is 25.4. The molecule has 1 N–H and O–H groups in total. The lowest BCUT2D eigenvalue weighted by Gasteiger charge is -2.52. The molecule has 0 radical (unpaired) electrons. The predicted molar refractivity (Wildman–Crippen MR) is 80.0 cm³/mol. The van der Waals surface area contributed by atoms with E-state index in [1.54, 1.807) is 0 Å². The topological polar surface area (TPSA) is 29.9 Å². The number of ether oxygens (including phenoxy) is 1. The maximum Gasteiger partial charge on any atom is 0.178 e. The molecule has 0 spiro atoms. The molecule has 4 heteroatoms. The van der Waals surface area contributed by atoms with Crippen LogP contribution >= 0.6 is 12.2 Å². The van der Waals surface area contributed by atoms with Crippen molar-refractivity contribution >= 4 is 23.3 Å². The lowest BCUT2D eigenvalue weighted by atomic mass is 9.64. The van der Waals surface area contributed by atoms with Crippen LogP contribution in [-0.2, 0) is 4.74 Å². The van der Waals surface area contributed by atoms with Crippen molar-refractivity contribution in [2.75, 3.05) is 6.61 Å². The summed E-state index contributed by atoms with van der Waals surface area (Å²) in [5, 5.41) is 0. The van der Waals surface area contributed by atoms with Gasteiger partial charge in [-0.05, 0) is 37.7 Å². The van der Waals surface area contributed by atoms with Crippen molar-refractivity contribution in [3.63, 3.8) is 0 Å². The number of imidazole rings is 1. The first kappa shape index (κ1) is 12.9. The Morgan fingerprint density at radius 3 is 2.84 bits per heavy atom. The van der Waals surface area contributed by atoms with Crippen LogP contribution in [0.5, 0.6) is 0 Å². The van der Waals surface area contributed by atoms with Crippen LogP contribution in [0.2, 0.25) is 0 Å². The van der Waals surface area contributed by atoms with E-state index < -0.39 is 0 Å². The van der Waals surface area contributed by atoms with Gasteiger partial charge in [0.05, 0.1) is 17.1 Å². The number of hydrogen-bond acceptors (Lipinski definition) is 2. The molecular formula is C15H20N2OS. The second kappa shape index (κ2) is 4.46. The summed E-state index contributed by atoms with van der Waals surface area (Å²) in [6.07, 6.45) is 1.37. The van der Waals surface area contributed by atoms with Gasteiger partial charge in [0.15, 0.2) is 4.77 Å². The number of nitrogens with zero attached hydrogens (tertiary/aromatic N) is 1. The van der Waals surface area contributed by atoms with Gasteiger partial charge in [-0.25, -0.2) is 0 Å². The molecule has 2 aromatic rings. The first-order valence-electron chi connectivity index (χ1n) is 6.86. The third-order valence-electron chi connectivity index (χ3n) is 4.43. The minimum absolute atomic E-state index is 0.124. The molecule has 1 aromatic carbocycles. The van der Waals surface area contributed by atoms with Gasteiger partial charge in [0, 0.05) is 18.1 Å². The van der Waals surface area contributed by atoms with Crippen molar-refractivity contribution < 1.29 is 4.74 Å². The molecule has 1 aliphatic rings. The van der Waals surface area contributed by atoms with Crippen molar-refractivity contribution in [3.8, 4) is 0 Å². The predicted octanol–water partition coefficient (Wildman–Crippen LogP) is 4.07. The number of aromatic nitrogens is 2. The van der Waals surface area contributed by atoms with E-state index in [2.05, 4.69) is 48.5 Å². The summed E-state index contributed by atoms with van der Waals surface area (Å²) < 4.78 is 8.89. The molecule has 19 heavy (non-hydrogen) atoms. The fourth-order valence-corrected chi connectivity index (χ4v) is 3.51. The van der Waals surface area contributed by atoms with Gasteiger partial charge in [-0.15, -0.1) is 0 Å². The molecule has 2 unspecified atom stereocenters. The number of para-hydroxylation sites is 2. The molecule has 0 amide bonds. The molecule has 1 aliphatic carbocycles. The highest BCUT2D eigenvalue weighted by Gasteiger charge is 2.50. The summed E-state index contributed by atoms with van der Waals surface area (Å²) in [6.45, 7) is 7.37. The number of nitrogens with one attached hydrogen (secondary N) is 1. The maximum atomic E-state index is 5.82. The van der Waals surface area contributed by atoms with E-state index in [0.717, 1.165) is 23.3 Å². The van der Waals surface area contributed by atoms with Gasteiger partial charge in [0.25, 0.3) is 0 Å². The number of fused-ring (bicyclic) bond motifs is 1. The van der Waals surface area contributed by atoms with Crippen LogP contribution in [0, 0.1) is 10.2 Å². The Hall–Kier alpha value is -1.13. The van der Waals surface area contributed by atoms with E-state index in [9.17, 15) is 0 Å². The summed E-state index contributed by atoms with van der Waals surface area (Å²) in [4.78, 5) is 3.30. The van der Waals surface area contributed by atoms with E-state index in [1.165, 1.54) is 5.52 Å². The largest absolute Gasteiger partial charge is 0.378 e. The second-order valence-corrected chi connectivity index (χ2v) is 6.22. The molecule has 1 saturated carbocycles. The smallest absolute Gasteiger partial charge is 0.178 e. The minimum Gasteiger partial charge on any atom is -0.378 e. The van der Waals surface area contributed by atoms with Gasteiger partial charge < -0.3 is 14.3 Å². The Morgan fingerprint density at radius 2 is 2.16 bits per heavy atom. The summed E-state index contributed by atoms with van der Waals surface area (Å²) in [5.74, 6) is 0. The summed E-state index contributed by atoms with van der Waals surface area (Å²) in [7, 11) is 0. The van der Waals surface area contributed by atoms with Crippen LogP contribution in [0.15, 0.2) is 24.3 Å². The summed E-state index contributed by atoms with van der Waals surface area (Å²) in [6, 6.07) is 8.71. The Morgan fingerprint density at radius 1 is 1.42 bits per heavy atom. The Labute approximate surface area is 118 Å². The number of rotatable bonds is 3. The monoisotopic (exact) mass is 276 g/mol. The van der Waals surface area contributed by atoms with E-state index in [-0.39, 0.29) is 5.41 Å². The number of benzene rings is 1. The van der Waals surface area contributed by atoms with E-state index in [1.807, 2.05) is 6.07 Å². The van der Waals surface area contributed by atoms with Crippen molar-refractivity contribution in [1.82, 2.24) is 9.55 Å². The zero-order valence-electron chi connectivity index (χ0n) is 11.6. The van der Waals surface area contributed by atoms with Gasteiger partial charge in [0.1, 0.15) is 0 Å². The highest BCUT2D eigenvalue weighted by Crippen LogP contribution is 2.52. The Bertz CT molecular complexity index is 655.